The van der Waals surface area contributed by atoms with Gasteiger partial charge in [0.05, 0.1) is 0 Å². The highest BCUT2D eigenvalue weighted by Gasteiger charge is 2.24. The van der Waals surface area contributed by atoms with Gasteiger partial charge in [-0.15, -0.1) is 6.42 Å². The third-order valence-corrected chi connectivity index (χ3v) is 3.44. The van der Waals surface area contributed by atoms with Crippen molar-refractivity contribution in [2.45, 2.75) is 25.5 Å². The number of esters is 1. The minimum atomic E-state index is -0.809. The molecule has 2 atom stereocenters. The molecule has 4 nitrogen and oxygen atoms in total. The van der Waals surface area contributed by atoms with E-state index >= 15 is 0 Å². The summed E-state index contributed by atoms with van der Waals surface area (Å²) in [6, 6.07) is 17.3. The maximum absolute atomic E-state index is 12.4. The molecule has 0 fully saturated rings. The predicted molar refractivity (Wildman–Crippen MR) is 92.2 cm³/mol. The molecule has 0 saturated carbocycles. The van der Waals surface area contributed by atoms with Gasteiger partial charge in [-0.3, -0.25) is 4.79 Å². The van der Waals surface area contributed by atoms with Gasteiger partial charge in [-0.1, -0.05) is 54.5 Å². The van der Waals surface area contributed by atoms with Crippen molar-refractivity contribution < 1.29 is 14.3 Å². The Balaban J connectivity index is 2.14. The maximum Gasteiger partial charge on any atom is 0.330 e. The predicted octanol–water partition coefficient (Wildman–Crippen LogP) is 2.59. The van der Waals surface area contributed by atoms with Gasteiger partial charge in [-0.2, -0.15) is 0 Å². The lowest BCUT2D eigenvalue weighted by Crippen LogP contribution is -2.44. The fraction of sp³-hybridized carbons (Fsp3) is 0.200. The molecule has 0 aliphatic rings. The third-order valence-electron chi connectivity index (χ3n) is 3.44. The minimum Gasteiger partial charge on any atom is -0.448 e. The van der Waals surface area contributed by atoms with E-state index < -0.39 is 18.1 Å². The second-order valence-electron chi connectivity index (χ2n) is 5.33. The number of ether oxygens (including phenoxy) is 1. The van der Waals surface area contributed by atoms with Gasteiger partial charge in [-0.25, -0.2) is 4.79 Å². The molecule has 2 rings (SSSR count). The average Bonchev–Trinajstić information content (AvgIpc) is 2.62. The highest BCUT2D eigenvalue weighted by molar-refractivity contribution is 5.96. The Morgan fingerprint density at radius 1 is 1.08 bits per heavy atom. The van der Waals surface area contributed by atoms with Gasteiger partial charge in [0, 0.05) is 12.0 Å². The van der Waals surface area contributed by atoms with Crippen LogP contribution in [0.2, 0.25) is 0 Å². The standard InChI is InChI=1S/C20H19NO3/c1-3-15(2)24-20(23)18(14-16-10-6-4-7-11-16)21-19(22)17-12-8-5-9-13-17/h1,4-13,15,18H,14H2,2H3,(H,21,22). The van der Waals surface area contributed by atoms with Gasteiger partial charge in [0.25, 0.3) is 5.91 Å². The van der Waals surface area contributed by atoms with Crippen LogP contribution in [0.25, 0.3) is 0 Å². The zero-order valence-corrected chi connectivity index (χ0v) is 13.4. The first-order chi connectivity index (χ1) is 11.6. The lowest BCUT2D eigenvalue weighted by atomic mass is 10.1. The number of nitrogens with one attached hydrogen (secondary N) is 1. The van der Waals surface area contributed by atoms with Crippen molar-refractivity contribution in [2.24, 2.45) is 0 Å². The van der Waals surface area contributed by atoms with Crippen LogP contribution in [0.5, 0.6) is 0 Å². The SMILES string of the molecule is C#CC(C)OC(=O)C(Cc1ccccc1)NC(=O)c1ccccc1. The molecule has 0 spiro atoms. The van der Waals surface area contributed by atoms with Gasteiger partial charge in [-0.05, 0) is 24.6 Å². The number of benzene rings is 2. The quantitative estimate of drug-likeness (QED) is 0.657. The van der Waals surface area contributed by atoms with Crippen LogP contribution in [-0.4, -0.2) is 24.0 Å². The molecule has 0 heterocycles. The maximum atomic E-state index is 12.4. The Morgan fingerprint density at radius 2 is 1.67 bits per heavy atom. The number of hydrogen-bond acceptors (Lipinski definition) is 3. The molecular weight excluding hydrogens is 302 g/mol. The zero-order chi connectivity index (χ0) is 17.4. The highest BCUT2D eigenvalue weighted by Crippen LogP contribution is 2.08. The molecule has 122 valence electrons. The second-order valence-corrected chi connectivity index (χ2v) is 5.33. The van der Waals surface area contributed by atoms with Gasteiger partial charge in [0.2, 0.25) is 0 Å². The van der Waals surface area contributed by atoms with Crippen LogP contribution in [0.15, 0.2) is 60.7 Å². The molecule has 2 aromatic carbocycles. The largest absolute Gasteiger partial charge is 0.448 e. The van der Waals surface area contributed by atoms with Crippen molar-refractivity contribution >= 4 is 11.9 Å². The molecule has 0 aromatic heterocycles. The Hall–Kier alpha value is -3.06. The van der Waals surface area contributed by atoms with Gasteiger partial charge < -0.3 is 10.1 Å². The Labute approximate surface area is 141 Å². The summed E-state index contributed by atoms with van der Waals surface area (Å²) in [4.78, 5) is 24.7. The summed E-state index contributed by atoms with van der Waals surface area (Å²) in [5.41, 5.74) is 1.40. The summed E-state index contributed by atoms with van der Waals surface area (Å²) in [6.45, 7) is 1.61. The molecule has 1 amide bonds. The second kappa shape index (κ2) is 8.54. The fourth-order valence-electron chi connectivity index (χ4n) is 2.16. The van der Waals surface area contributed by atoms with Gasteiger partial charge in [0.1, 0.15) is 6.04 Å². The Bertz CT molecular complexity index is 720. The molecule has 1 N–H and O–H groups in total. The van der Waals surface area contributed by atoms with Gasteiger partial charge >= 0.3 is 5.97 Å². The first kappa shape index (κ1) is 17.3. The van der Waals surface area contributed by atoms with Crippen molar-refractivity contribution in [3.63, 3.8) is 0 Å². The molecule has 0 saturated heterocycles. The van der Waals surface area contributed by atoms with E-state index in [2.05, 4.69) is 11.2 Å². The summed E-state index contributed by atoms with van der Waals surface area (Å²) >= 11 is 0. The van der Waals surface area contributed by atoms with Crippen molar-refractivity contribution in [2.75, 3.05) is 0 Å². The van der Waals surface area contributed by atoms with E-state index in [0.717, 1.165) is 5.56 Å². The molecule has 0 radical (unpaired) electrons. The highest BCUT2D eigenvalue weighted by atomic mass is 16.5. The van der Waals surface area contributed by atoms with Crippen molar-refractivity contribution in [3.8, 4) is 12.3 Å². The van der Waals surface area contributed by atoms with E-state index in [1.807, 2.05) is 36.4 Å². The molecule has 2 unspecified atom stereocenters. The first-order valence-electron chi connectivity index (χ1n) is 7.66. The first-order valence-corrected chi connectivity index (χ1v) is 7.66. The van der Waals surface area contributed by atoms with Crippen LogP contribution in [-0.2, 0) is 16.0 Å². The van der Waals surface area contributed by atoms with Crippen molar-refractivity contribution in [1.29, 1.82) is 0 Å². The van der Waals surface area contributed by atoms with E-state index in [1.54, 1.807) is 31.2 Å². The lowest BCUT2D eigenvalue weighted by Gasteiger charge is -2.19. The molecule has 0 aliphatic carbocycles. The summed E-state index contributed by atoms with van der Waals surface area (Å²) in [6.07, 6.45) is 4.93. The van der Waals surface area contributed by atoms with E-state index in [-0.39, 0.29) is 5.91 Å². The molecule has 0 bridgehead atoms. The smallest absolute Gasteiger partial charge is 0.330 e. The molecular formula is C20H19NO3. The summed E-state index contributed by atoms with van der Waals surface area (Å²) in [5.74, 6) is 1.46. The molecule has 0 aliphatic heterocycles. The fourth-order valence-corrected chi connectivity index (χ4v) is 2.16. The van der Waals surface area contributed by atoms with E-state index in [0.29, 0.717) is 12.0 Å². The normalized spacial score (nSPS) is 12.5. The van der Waals surface area contributed by atoms with E-state index in [1.165, 1.54) is 0 Å². The Morgan fingerprint density at radius 3 is 2.25 bits per heavy atom. The Kier molecular flexibility index (Phi) is 6.16. The molecule has 24 heavy (non-hydrogen) atoms. The molecule has 2 aromatic rings. The number of terminal acetylenes is 1. The van der Waals surface area contributed by atoms with Crippen LogP contribution in [0.1, 0.15) is 22.8 Å². The summed E-state index contributed by atoms with van der Waals surface area (Å²) < 4.78 is 5.18. The van der Waals surface area contributed by atoms with Crippen molar-refractivity contribution in [1.82, 2.24) is 5.32 Å². The van der Waals surface area contributed by atoms with Gasteiger partial charge in [0.15, 0.2) is 6.10 Å². The zero-order valence-electron chi connectivity index (χ0n) is 13.4. The minimum absolute atomic E-state index is 0.329. The lowest BCUT2D eigenvalue weighted by molar-refractivity contribution is -0.148. The van der Waals surface area contributed by atoms with E-state index in [9.17, 15) is 9.59 Å². The number of hydrogen-bond donors (Lipinski definition) is 1. The van der Waals surface area contributed by atoms with Crippen LogP contribution in [0.3, 0.4) is 0 Å². The van der Waals surface area contributed by atoms with E-state index in [4.69, 9.17) is 11.2 Å². The average molecular weight is 321 g/mol. The van der Waals surface area contributed by atoms with Crippen LogP contribution < -0.4 is 5.32 Å². The van der Waals surface area contributed by atoms with Crippen LogP contribution in [0, 0.1) is 12.3 Å². The third kappa shape index (κ3) is 4.99. The molecule has 4 heteroatoms. The number of carbonyl (C=O) groups is 2. The topological polar surface area (TPSA) is 55.4 Å². The monoisotopic (exact) mass is 321 g/mol. The number of rotatable bonds is 6. The number of carbonyl (C=O) groups excluding carboxylic acids is 2. The summed E-state index contributed by atoms with van der Waals surface area (Å²) in [5, 5.41) is 2.73. The summed E-state index contributed by atoms with van der Waals surface area (Å²) in [7, 11) is 0. The van der Waals surface area contributed by atoms with Crippen molar-refractivity contribution in [3.05, 3.63) is 71.8 Å². The number of amides is 1. The van der Waals surface area contributed by atoms with Crippen LogP contribution in [0.4, 0.5) is 0 Å². The van der Waals surface area contributed by atoms with Crippen LogP contribution >= 0.6 is 0 Å².